The van der Waals surface area contributed by atoms with Crippen LogP contribution in [0, 0.1) is 5.92 Å². The molecule has 2 amide bonds. The summed E-state index contributed by atoms with van der Waals surface area (Å²) in [5.74, 6) is 0.602. The van der Waals surface area contributed by atoms with Crippen LogP contribution >= 0.6 is 11.3 Å². The summed E-state index contributed by atoms with van der Waals surface area (Å²) < 4.78 is 5.51. The van der Waals surface area contributed by atoms with E-state index in [2.05, 4.69) is 24.1 Å². The van der Waals surface area contributed by atoms with Gasteiger partial charge in [0.15, 0.2) is 11.7 Å². The molecule has 0 aliphatic rings. The molecular formula is C18H23N3O3S. The van der Waals surface area contributed by atoms with E-state index < -0.39 is 0 Å². The van der Waals surface area contributed by atoms with Crippen molar-refractivity contribution >= 4 is 28.3 Å². The van der Waals surface area contributed by atoms with Crippen LogP contribution in [0.3, 0.4) is 0 Å². The first-order valence-corrected chi connectivity index (χ1v) is 9.07. The van der Waals surface area contributed by atoms with Gasteiger partial charge in [0, 0.05) is 18.1 Å². The van der Waals surface area contributed by atoms with Gasteiger partial charge in [-0.2, -0.15) is 0 Å². The van der Waals surface area contributed by atoms with E-state index in [1.165, 1.54) is 16.2 Å². The molecule has 2 rings (SSSR count). The summed E-state index contributed by atoms with van der Waals surface area (Å²) >= 11 is 1.34. The lowest BCUT2D eigenvalue weighted by Gasteiger charge is -2.23. The van der Waals surface area contributed by atoms with Crippen LogP contribution < -0.4 is 10.1 Å². The second kappa shape index (κ2) is 9.78. The number of nitrogens with one attached hydrogen (secondary N) is 1. The van der Waals surface area contributed by atoms with Crippen LogP contribution in [-0.2, 0) is 9.59 Å². The first-order chi connectivity index (χ1) is 12.0. The fraction of sp³-hybridized carbons (Fsp3) is 0.389. The van der Waals surface area contributed by atoms with Gasteiger partial charge in [-0.3, -0.25) is 9.59 Å². The highest BCUT2D eigenvalue weighted by Gasteiger charge is 2.18. The lowest BCUT2D eigenvalue weighted by atomic mass is 10.1. The Morgan fingerprint density at radius 2 is 2.04 bits per heavy atom. The fourth-order valence-electron chi connectivity index (χ4n) is 2.08. The monoisotopic (exact) mass is 361 g/mol. The molecule has 0 fully saturated rings. The van der Waals surface area contributed by atoms with Gasteiger partial charge in [-0.15, -0.1) is 11.3 Å². The van der Waals surface area contributed by atoms with E-state index in [-0.39, 0.29) is 25.0 Å². The van der Waals surface area contributed by atoms with Crippen molar-refractivity contribution in [1.82, 2.24) is 9.88 Å². The van der Waals surface area contributed by atoms with Crippen molar-refractivity contribution in [2.24, 2.45) is 5.92 Å². The smallest absolute Gasteiger partial charge is 0.260 e. The number of carbonyl (C=O) groups is 2. The number of hydrogen-bond donors (Lipinski definition) is 1. The number of anilines is 1. The highest BCUT2D eigenvalue weighted by atomic mass is 32.1. The molecule has 25 heavy (non-hydrogen) atoms. The van der Waals surface area contributed by atoms with Gasteiger partial charge in [0.05, 0.1) is 0 Å². The number of benzene rings is 1. The molecule has 0 spiro atoms. The van der Waals surface area contributed by atoms with E-state index in [9.17, 15) is 9.59 Å². The molecule has 1 aromatic heterocycles. The maximum atomic E-state index is 12.5. The second-order valence-electron chi connectivity index (χ2n) is 5.98. The van der Waals surface area contributed by atoms with Crippen LogP contribution in [0.15, 0.2) is 41.9 Å². The molecule has 1 heterocycles. The second-order valence-corrected chi connectivity index (χ2v) is 6.88. The van der Waals surface area contributed by atoms with Gasteiger partial charge in [0.2, 0.25) is 5.91 Å². The number of nitrogens with zero attached hydrogens (tertiary/aromatic N) is 2. The summed E-state index contributed by atoms with van der Waals surface area (Å²) in [6.45, 7) is 4.58. The van der Waals surface area contributed by atoms with Crippen molar-refractivity contribution in [3.8, 4) is 5.75 Å². The van der Waals surface area contributed by atoms with E-state index >= 15 is 0 Å². The quantitative estimate of drug-likeness (QED) is 0.745. The molecule has 0 bridgehead atoms. The number of ether oxygens (including phenoxy) is 1. The lowest BCUT2D eigenvalue weighted by Crippen LogP contribution is -2.41. The van der Waals surface area contributed by atoms with E-state index in [1.807, 2.05) is 18.2 Å². The molecule has 134 valence electrons. The Balaban J connectivity index is 1.91. The van der Waals surface area contributed by atoms with Gasteiger partial charge in [-0.1, -0.05) is 32.0 Å². The van der Waals surface area contributed by atoms with Crippen LogP contribution in [-0.4, -0.2) is 41.4 Å². The largest absolute Gasteiger partial charge is 0.484 e. The molecule has 0 radical (unpaired) electrons. The van der Waals surface area contributed by atoms with Crippen LogP contribution in [0.1, 0.15) is 20.3 Å². The van der Waals surface area contributed by atoms with Crippen LogP contribution in [0.5, 0.6) is 5.75 Å². The zero-order valence-corrected chi connectivity index (χ0v) is 15.3. The molecule has 0 aliphatic heterocycles. The Morgan fingerprint density at radius 3 is 2.68 bits per heavy atom. The van der Waals surface area contributed by atoms with Gasteiger partial charge in [-0.25, -0.2) is 4.98 Å². The zero-order valence-electron chi connectivity index (χ0n) is 14.5. The lowest BCUT2D eigenvalue weighted by molar-refractivity contribution is -0.136. The molecule has 1 N–H and O–H groups in total. The van der Waals surface area contributed by atoms with Crippen molar-refractivity contribution in [2.45, 2.75) is 20.3 Å². The highest BCUT2D eigenvalue weighted by molar-refractivity contribution is 7.13. The Labute approximate surface area is 151 Å². The number of aromatic nitrogens is 1. The number of carbonyl (C=O) groups excluding carboxylic acids is 2. The maximum absolute atomic E-state index is 12.5. The summed E-state index contributed by atoms with van der Waals surface area (Å²) in [5.41, 5.74) is 0. The minimum atomic E-state index is -0.258. The number of amides is 2. The van der Waals surface area contributed by atoms with E-state index in [1.54, 1.807) is 23.7 Å². The fourth-order valence-corrected chi connectivity index (χ4v) is 2.62. The molecule has 2 aromatic rings. The predicted molar refractivity (Wildman–Crippen MR) is 98.7 cm³/mol. The molecule has 1 aromatic carbocycles. The summed E-state index contributed by atoms with van der Waals surface area (Å²) in [6.07, 6.45) is 2.44. The average Bonchev–Trinajstić information content (AvgIpc) is 3.10. The molecular weight excluding hydrogens is 338 g/mol. The predicted octanol–water partition coefficient (Wildman–Crippen LogP) is 3.04. The molecule has 0 aliphatic carbocycles. The topological polar surface area (TPSA) is 71.5 Å². The number of thiazole rings is 1. The van der Waals surface area contributed by atoms with Gasteiger partial charge < -0.3 is 15.0 Å². The zero-order chi connectivity index (χ0) is 18.1. The molecule has 0 saturated heterocycles. The van der Waals surface area contributed by atoms with Crippen molar-refractivity contribution in [1.29, 1.82) is 0 Å². The summed E-state index contributed by atoms with van der Waals surface area (Å²) in [7, 11) is 0. The van der Waals surface area contributed by atoms with E-state index in [4.69, 9.17) is 4.74 Å². The Hall–Kier alpha value is -2.41. The number of para-hydroxylation sites is 1. The maximum Gasteiger partial charge on any atom is 0.260 e. The van der Waals surface area contributed by atoms with Gasteiger partial charge in [0.1, 0.15) is 12.3 Å². The summed E-state index contributed by atoms with van der Waals surface area (Å²) in [5, 5.41) is 5.01. The Bertz CT molecular complexity index is 659. The molecule has 0 atom stereocenters. The van der Waals surface area contributed by atoms with E-state index in [0.717, 1.165) is 6.42 Å². The standard InChI is InChI=1S/C18H23N3O3S/c1-14(2)8-10-21(12-16(22)20-18-19-9-11-25-18)17(23)13-24-15-6-4-3-5-7-15/h3-7,9,11,14H,8,10,12-13H2,1-2H3,(H,19,20,22). The normalized spacial score (nSPS) is 10.5. The SMILES string of the molecule is CC(C)CCN(CC(=O)Nc1nccs1)C(=O)COc1ccccc1. The van der Waals surface area contributed by atoms with Gasteiger partial charge >= 0.3 is 0 Å². The molecule has 0 unspecified atom stereocenters. The van der Waals surface area contributed by atoms with Crippen LogP contribution in [0.4, 0.5) is 5.13 Å². The average molecular weight is 361 g/mol. The van der Waals surface area contributed by atoms with Crippen molar-refractivity contribution in [2.75, 3.05) is 25.0 Å². The third kappa shape index (κ3) is 6.93. The summed E-state index contributed by atoms with van der Waals surface area (Å²) in [4.78, 5) is 30.2. The number of hydrogen-bond acceptors (Lipinski definition) is 5. The van der Waals surface area contributed by atoms with Crippen LogP contribution in [0.25, 0.3) is 0 Å². The minimum Gasteiger partial charge on any atom is -0.484 e. The van der Waals surface area contributed by atoms with Crippen molar-refractivity contribution < 1.29 is 14.3 Å². The molecule has 0 saturated carbocycles. The molecule has 6 nitrogen and oxygen atoms in total. The van der Waals surface area contributed by atoms with Crippen molar-refractivity contribution in [3.05, 3.63) is 41.9 Å². The first-order valence-electron chi connectivity index (χ1n) is 8.19. The first kappa shape index (κ1) is 18.9. The molecule has 7 heteroatoms. The Morgan fingerprint density at radius 1 is 1.28 bits per heavy atom. The van der Waals surface area contributed by atoms with Gasteiger partial charge in [0.25, 0.3) is 5.91 Å². The third-order valence-electron chi connectivity index (χ3n) is 3.45. The Kier molecular flexibility index (Phi) is 7.40. The number of rotatable bonds is 9. The summed E-state index contributed by atoms with van der Waals surface area (Å²) in [6, 6.07) is 9.16. The van der Waals surface area contributed by atoms with Crippen LogP contribution in [0.2, 0.25) is 0 Å². The minimum absolute atomic E-state index is 0.0106. The van der Waals surface area contributed by atoms with Gasteiger partial charge in [-0.05, 0) is 24.5 Å². The van der Waals surface area contributed by atoms with E-state index in [0.29, 0.717) is 23.3 Å². The third-order valence-corrected chi connectivity index (χ3v) is 4.14. The van der Waals surface area contributed by atoms with Crippen molar-refractivity contribution in [3.63, 3.8) is 0 Å². The highest BCUT2D eigenvalue weighted by Crippen LogP contribution is 2.11.